The van der Waals surface area contributed by atoms with E-state index in [4.69, 9.17) is 15.2 Å². The van der Waals surface area contributed by atoms with Gasteiger partial charge in [-0.3, -0.25) is 10.1 Å². The summed E-state index contributed by atoms with van der Waals surface area (Å²) in [6, 6.07) is 19.3. The molecule has 0 radical (unpaired) electrons. The molecule has 2 atom stereocenters. The molecule has 0 fully saturated rings. The van der Waals surface area contributed by atoms with Crippen molar-refractivity contribution in [2.75, 3.05) is 23.0 Å². The molecule has 3 rings (SSSR count). The molecule has 8 nitrogen and oxygen atoms in total. The Bertz CT molecular complexity index is 1270. The highest BCUT2D eigenvalue weighted by molar-refractivity contribution is 9.11. The molecule has 0 heterocycles. The van der Waals surface area contributed by atoms with Crippen molar-refractivity contribution in [1.82, 2.24) is 0 Å². The molecule has 3 aromatic rings. The Balaban J connectivity index is 1.76. The van der Waals surface area contributed by atoms with E-state index in [1.165, 1.54) is 6.08 Å². The van der Waals surface area contributed by atoms with Crippen molar-refractivity contribution in [3.63, 3.8) is 0 Å². The van der Waals surface area contributed by atoms with E-state index < -0.39 is 18.3 Å². The molecule has 200 valence electrons. The molecule has 3 aromatic carbocycles. The Morgan fingerprint density at radius 3 is 2.47 bits per heavy atom. The lowest BCUT2D eigenvalue weighted by Crippen LogP contribution is -2.29. The number of halogens is 2. The minimum absolute atomic E-state index is 0.0641. The van der Waals surface area contributed by atoms with Crippen LogP contribution in [0.25, 0.3) is 0 Å². The van der Waals surface area contributed by atoms with E-state index in [1.807, 2.05) is 13.0 Å². The normalized spacial score (nSPS) is 12.6. The van der Waals surface area contributed by atoms with E-state index in [9.17, 15) is 14.7 Å². The summed E-state index contributed by atoms with van der Waals surface area (Å²) in [6.45, 7) is 2.18. The zero-order valence-corrected chi connectivity index (χ0v) is 23.9. The molecule has 0 saturated carbocycles. The van der Waals surface area contributed by atoms with Gasteiger partial charge in [-0.05, 0) is 78.2 Å². The van der Waals surface area contributed by atoms with Gasteiger partial charge < -0.3 is 25.6 Å². The lowest BCUT2D eigenvalue weighted by atomic mass is 9.99. The summed E-state index contributed by atoms with van der Waals surface area (Å²) in [5.74, 6) is -0.384. The van der Waals surface area contributed by atoms with Crippen LogP contribution >= 0.6 is 31.9 Å². The number of para-hydroxylation sites is 3. The summed E-state index contributed by atoms with van der Waals surface area (Å²) >= 11 is 6.78. The van der Waals surface area contributed by atoms with Crippen LogP contribution in [0.15, 0.2) is 87.8 Å². The second-order valence-electron chi connectivity index (χ2n) is 8.19. The average molecular weight is 647 g/mol. The molecule has 0 aliphatic heterocycles. The smallest absolute Gasteiger partial charge is 0.412 e. The van der Waals surface area contributed by atoms with E-state index in [0.29, 0.717) is 51.0 Å². The van der Waals surface area contributed by atoms with Crippen LogP contribution in [-0.4, -0.2) is 29.8 Å². The number of ether oxygens (including phenoxy) is 2. The minimum Gasteiger partial charge on any atom is -0.506 e. The molecule has 10 heteroatoms. The number of allylic oxidation sites excluding steroid dienone is 1. The third-order valence-electron chi connectivity index (χ3n) is 5.44. The van der Waals surface area contributed by atoms with Gasteiger partial charge in [-0.2, -0.15) is 0 Å². The topological polar surface area (TPSA) is 123 Å². The first kappa shape index (κ1) is 29.2. The van der Waals surface area contributed by atoms with Gasteiger partial charge in [0.25, 0.3) is 0 Å². The Labute approximate surface area is 238 Å². The van der Waals surface area contributed by atoms with Crippen molar-refractivity contribution in [2.45, 2.75) is 32.0 Å². The number of hydrogen-bond donors (Lipinski definition) is 4. The van der Waals surface area contributed by atoms with Crippen LogP contribution in [0.5, 0.6) is 5.75 Å². The van der Waals surface area contributed by atoms with Crippen LogP contribution in [0, 0.1) is 0 Å². The van der Waals surface area contributed by atoms with Crippen LogP contribution in [0.1, 0.15) is 31.4 Å². The lowest BCUT2D eigenvalue weighted by Gasteiger charge is -2.28. The zero-order chi connectivity index (χ0) is 27.5. The first-order valence-corrected chi connectivity index (χ1v) is 13.5. The fourth-order valence-corrected chi connectivity index (χ4v) is 4.96. The number of nitrogens with two attached hydrogens (primary N) is 1. The van der Waals surface area contributed by atoms with Crippen LogP contribution in [0.2, 0.25) is 0 Å². The molecule has 0 aliphatic rings. The predicted octanol–water partition coefficient (Wildman–Crippen LogP) is 7.17. The van der Waals surface area contributed by atoms with E-state index >= 15 is 0 Å². The summed E-state index contributed by atoms with van der Waals surface area (Å²) in [5.41, 5.74) is 7.82. The molecule has 0 saturated heterocycles. The molecule has 0 bridgehead atoms. The Morgan fingerprint density at radius 2 is 1.76 bits per heavy atom. The van der Waals surface area contributed by atoms with Gasteiger partial charge in [0.1, 0.15) is 5.75 Å². The molecular weight excluding hydrogens is 618 g/mol. The summed E-state index contributed by atoms with van der Waals surface area (Å²) in [5, 5.41) is 16.2. The second-order valence-corrected chi connectivity index (χ2v) is 9.96. The van der Waals surface area contributed by atoms with Crippen LogP contribution in [0.4, 0.5) is 21.9 Å². The van der Waals surface area contributed by atoms with Gasteiger partial charge in [-0.25, -0.2) is 4.79 Å². The molecule has 0 aliphatic carbocycles. The lowest BCUT2D eigenvalue weighted by molar-refractivity contribution is -0.111. The average Bonchev–Trinajstić information content (AvgIpc) is 2.89. The summed E-state index contributed by atoms with van der Waals surface area (Å²) in [7, 11) is 0. The van der Waals surface area contributed by atoms with Gasteiger partial charge in [-0.1, -0.05) is 52.3 Å². The number of phenols is 1. The number of rotatable bonds is 11. The minimum atomic E-state index is -0.946. The maximum absolute atomic E-state index is 12.8. The highest BCUT2D eigenvalue weighted by atomic mass is 79.9. The third-order valence-corrected chi connectivity index (χ3v) is 6.50. The number of hydrogen-bond acceptors (Lipinski definition) is 6. The fourth-order valence-electron chi connectivity index (χ4n) is 3.70. The summed E-state index contributed by atoms with van der Waals surface area (Å²) in [6.07, 6.45) is 1.71. The van der Waals surface area contributed by atoms with Gasteiger partial charge in [0.15, 0.2) is 6.10 Å². The standard InChI is InChI=1S/C28H29Br2N3O5/c1-2-37-24(14-8-9-15-25(34)33-23-13-7-6-12-22(23)31)27(20-16-18(29)17-21(30)26(20)35)38-28(36)32-19-10-4-3-5-11-19/h3-7,9-13,15-17,24,27,35H,2,8,14,31H2,1H3,(H,32,36)(H,33,34)/b15-9+/t24-,27-/m1/s1. The predicted molar refractivity (Wildman–Crippen MR) is 156 cm³/mol. The summed E-state index contributed by atoms with van der Waals surface area (Å²) in [4.78, 5) is 25.2. The number of nitrogen functional groups attached to an aromatic ring is 1. The molecular formula is C28H29Br2N3O5. The quantitative estimate of drug-likeness (QED) is 0.129. The first-order valence-electron chi connectivity index (χ1n) is 11.9. The van der Waals surface area contributed by atoms with E-state index in [2.05, 4.69) is 42.5 Å². The fraction of sp³-hybridized carbons (Fsp3) is 0.214. The maximum Gasteiger partial charge on any atom is 0.412 e. The number of amides is 2. The van der Waals surface area contributed by atoms with Crippen LogP contribution in [-0.2, 0) is 14.3 Å². The number of carbonyl (C=O) groups is 2. The number of phenolic OH excluding ortho intramolecular Hbond substituents is 1. The van der Waals surface area contributed by atoms with Crippen molar-refractivity contribution < 1.29 is 24.2 Å². The van der Waals surface area contributed by atoms with Crippen molar-refractivity contribution in [2.24, 2.45) is 0 Å². The number of nitrogens with one attached hydrogen (secondary N) is 2. The third kappa shape index (κ3) is 8.61. The van der Waals surface area contributed by atoms with Crippen LogP contribution < -0.4 is 16.4 Å². The molecule has 0 spiro atoms. The van der Waals surface area contributed by atoms with E-state index in [0.717, 1.165) is 0 Å². The van der Waals surface area contributed by atoms with Crippen molar-refractivity contribution in [1.29, 1.82) is 0 Å². The number of aromatic hydroxyl groups is 1. The van der Waals surface area contributed by atoms with Gasteiger partial charge >= 0.3 is 6.09 Å². The highest BCUT2D eigenvalue weighted by Crippen LogP contribution is 2.39. The van der Waals surface area contributed by atoms with E-state index in [-0.39, 0.29) is 11.7 Å². The Kier molecular flexibility index (Phi) is 11.2. The molecule has 0 aromatic heterocycles. The van der Waals surface area contributed by atoms with Crippen molar-refractivity contribution >= 4 is 60.9 Å². The number of benzene rings is 3. The molecule has 38 heavy (non-hydrogen) atoms. The Hall–Kier alpha value is -3.34. The van der Waals surface area contributed by atoms with E-state index in [1.54, 1.807) is 66.7 Å². The van der Waals surface area contributed by atoms with Gasteiger partial charge in [0.2, 0.25) is 5.91 Å². The molecule has 5 N–H and O–H groups in total. The number of carbonyl (C=O) groups excluding carboxylic acids is 2. The second kappa shape index (κ2) is 14.6. The molecule has 0 unspecified atom stereocenters. The SMILES string of the molecule is CCO[C@H](CC/C=C/C(=O)Nc1ccccc1N)[C@H](OC(=O)Nc1ccccc1)c1cc(Br)cc(Br)c1O. The maximum atomic E-state index is 12.8. The molecule has 2 amide bonds. The van der Waals surface area contributed by atoms with Gasteiger partial charge in [0, 0.05) is 22.3 Å². The van der Waals surface area contributed by atoms with Gasteiger partial charge in [0.05, 0.1) is 22.0 Å². The largest absolute Gasteiger partial charge is 0.506 e. The van der Waals surface area contributed by atoms with Crippen LogP contribution in [0.3, 0.4) is 0 Å². The van der Waals surface area contributed by atoms with Gasteiger partial charge in [-0.15, -0.1) is 0 Å². The van der Waals surface area contributed by atoms with Crippen molar-refractivity contribution in [3.05, 3.63) is 93.4 Å². The highest BCUT2D eigenvalue weighted by Gasteiger charge is 2.31. The number of anilines is 3. The monoisotopic (exact) mass is 645 g/mol. The first-order chi connectivity index (χ1) is 18.3. The Morgan fingerprint density at radius 1 is 1.05 bits per heavy atom. The zero-order valence-electron chi connectivity index (χ0n) is 20.7. The summed E-state index contributed by atoms with van der Waals surface area (Å²) < 4.78 is 12.9. The van der Waals surface area contributed by atoms with Crippen molar-refractivity contribution in [3.8, 4) is 5.75 Å².